The minimum absolute atomic E-state index is 0.0365. The summed E-state index contributed by atoms with van der Waals surface area (Å²) < 4.78 is 47.7. The van der Waals surface area contributed by atoms with Crippen molar-refractivity contribution in [1.29, 1.82) is 0 Å². The molecule has 14 heteroatoms. The lowest BCUT2D eigenvalue weighted by Crippen LogP contribution is -2.50. The molecule has 0 spiro atoms. The SMILES string of the molecule is CCC(=O)N1CCN(C(=O)c2cc(Cn3ncc(=O)c4cccc(O)c43)ccc2F)CC1.O=C(O)C(F)(F)F. The first-order chi connectivity index (χ1) is 18.3. The van der Waals surface area contributed by atoms with E-state index in [0.717, 1.165) is 6.20 Å². The number of piperazine rings is 1. The Hall–Kier alpha value is -4.49. The number of aromatic hydroxyl groups is 1. The molecule has 4 rings (SSSR count). The number of alkyl halides is 3. The number of carboxylic acid groups (broad SMARTS) is 1. The number of para-hydroxylation sites is 1. The van der Waals surface area contributed by atoms with E-state index in [1.807, 2.05) is 0 Å². The van der Waals surface area contributed by atoms with Crippen LogP contribution in [0, 0.1) is 5.82 Å². The van der Waals surface area contributed by atoms with E-state index in [9.17, 15) is 37.1 Å². The topological polar surface area (TPSA) is 133 Å². The molecule has 3 aromatic rings. The lowest BCUT2D eigenvalue weighted by atomic mass is 10.1. The zero-order valence-corrected chi connectivity index (χ0v) is 20.6. The molecule has 0 radical (unpaired) electrons. The van der Waals surface area contributed by atoms with Gasteiger partial charge in [-0.15, -0.1) is 0 Å². The minimum atomic E-state index is -5.08. The number of phenols is 1. The molecule has 2 N–H and O–H groups in total. The number of carboxylic acids is 1. The highest BCUT2D eigenvalue weighted by atomic mass is 19.4. The number of aliphatic carboxylic acids is 1. The van der Waals surface area contributed by atoms with E-state index >= 15 is 0 Å². The maximum absolute atomic E-state index is 14.5. The third kappa shape index (κ3) is 6.89. The average molecular weight is 552 g/mol. The number of phenolic OH excluding ortho intramolecular Hbond substituents is 1. The number of hydrogen-bond donors (Lipinski definition) is 2. The largest absolute Gasteiger partial charge is 0.506 e. The van der Waals surface area contributed by atoms with Gasteiger partial charge in [0, 0.05) is 32.6 Å². The standard InChI is InChI=1S/C23H23FN4O4.C2HF3O2/c1-2-21(31)26-8-10-27(11-9-26)23(32)17-12-15(6-7-18(17)24)14-28-22-16(20(30)13-25-28)4-3-5-19(22)29;3-2(4,5)1(6)7/h3-7,12-13,29H,2,8-11,14H2,1H3;(H,6,7). The van der Waals surface area contributed by atoms with Gasteiger partial charge in [0.2, 0.25) is 11.3 Å². The molecule has 10 nitrogen and oxygen atoms in total. The van der Waals surface area contributed by atoms with Crippen LogP contribution >= 0.6 is 0 Å². The summed E-state index contributed by atoms with van der Waals surface area (Å²) in [5.74, 6) is -3.88. The molecule has 1 saturated heterocycles. The molecule has 2 heterocycles. The quantitative estimate of drug-likeness (QED) is 0.476. The van der Waals surface area contributed by atoms with Crippen molar-refractivity contribution in [2.75, 3.05) is 26.2 Å². The molecule has 2 amide bonds. The second-order valence-corrected chi connectivity index (χ2v) is 8.48. The molecule has 208 valence electrons. The number of carbonyl (C=O) groups is 3. The molecule has 1 aliphatic rings. The van der Waals surface area contributed by atoms with Gasteiger partial charge in [-0.1, -0.05) is 19.1 Å². The molecule has 1 aromatic heterocycles. The predicted octanol–water partition coefficient (Wildman–Crippen LogP) is 2.62. The minimum Gasteiger partial charge on any atom is -0.506 e. The van der Waals surface area contributed by atoms with Crippen LogP contribution in [0.25, 0.3) is 10.9 Å². The number of carbonyl (C=O) groups excluding carboxylic acids is 2. The lowest BCUT2D eigenvalue weighted by molar-refractivity contribution is -0.192. The zero-order valence-electron chi connectivity index (χ0n) is 20.6. The first-order valence-electron chi connectivity index (χ1n) is 11.7. The van der Waals surface area contributed by atoms with Gasteiger partial charge in [-0.2, -0.15) is 18.3 Å². The van der Waals surface area contributed by atoms with Gasteiger partial charge in [-0.25, -0.2) is 9.18 Å². The van der Waals surface area contributed by atoms with Crippen molar-refractivity contribution in [2.45, 2.75) is 26.1 Å². The van der Waals surface area contributed by atoms with Gasteiger partial charge in [0.15, 0.2) is 0 Å². The van der Waals surface area contributed by atoms with E-state index in [4.69, 9.17) is 9.90 Å². The fraction of sp³-hybridized carbons (Fsp3) is 0.320. The first kappa shape index (κ1) is 29.1. The molecule has 1 fully saturated rings. The van der Waals surface area contributed by atoms with Crippen LogP contribution in [0.2, 0.25) is 0 Å². The molecular weight excluding hydrogens is 528 g/mol. The third-order valence-corrected chi connectivity index (χ3v) is 5.91. The smallest absolute Gasteiger partial charge is 0.490 e. The van der Waals surface area contributed by atoms with Crippen LogP contribution in [-0.2, 0) is 16.1 Å². The summed E-state index contributed by atoms with van der Waals surface area (Å²) in [6, 6.07) is 8.86. The number of aromatic nitrogens is 2. The van der Waals surface area contributed by atoms with Gasteiger partial charge in [0.25, 0.3) is 5.91 Å². The summed E-state index contributed by atoms with van der Waals surface area (Å²) in [6.07, 6.45) is -3.51. The fourth-order valence-corrected chi connectivity index (χ4v) is 3.93. The molecule has 0 aliphatic carbocycles. The number of hydrogen-bond acceptors (Lipinski definition) is 6. The Bertz CT molecular complexity index is 1450. The van der Waals surface area contributed by atoms with Gasteiger partial charge in [-0.3, -0.25) is 19.1 Å². The highest BCUT2D eigenvalue weighted by molar-refractivity contribution is 5.95. The number of rotatable bonds is 4. The van der Waals surface area contributed by atoms with Crippen molar-refractivity contribution in [3.8, 4) is 5.75 Å². The van der Waals surface area contributed by atoms with Crippen molar-refractivity contribution in [1.82, 2.24) is 19.6 Å². The molecular formula is C25H24F4N4O6. The molecule has 39 heavy (non-hydrogen) atoms. The maximum atomic E-state index is 14.5. The number of amides is 2. The van der Waals surface area contributed by atoms with Gasteiger partial charge in [-0.05, 0) is 29.8 Å². The number of halogens is 4. The fourth-order valence-electron chi connectivity index (χ4n) is 3.93. The molecule has 1 aliphatic heterocycles. The van der Waals surface area contributed by atoms with E-state index in [0.29, 0.717) is 43.5 Å². The molecule has 0 bridgehead atoms. The van der Waals surface area contributed by atoms with Crippen LogP contribution in [0.1, 0.15) is 29.3 Å². The van der Waals surface area contributed by atoms with Crippen molar-refractivity contribution < 1.29 is 42.2 Å². The summed E-state index contributed by atoms with van der Waals surface area (Å²) in [5, 5.41) is 21.8. The normalized spacial score (nSPS) is 13.6. The lowest BCUT2D eigenvalue weighted by Gasteiger charge is -2.34. The summed E-state index contributed by atoms with van der Waals surface area (Å²) >= 11 is 0. The zero-order chi connectivity index (χ0) is 28.9. The number of benzene rings is 2. The van der Waals surface area contributed by atoms with Gasteiger partial charge < -0.3 is 20.0 Å². The van der Waals surface area contributed by atoms with Crippen LogP contribution in [0.5, 0.6) is 5.75 Å². The Balaban J connectivity index is 0.000000532. The van der Waals surface area contributed by atoms with Gasteiger partial charge in [0.1, 0.15) is 17.1 Å². The molecule has 2 aromatic carbocycles. The van der Waals surface area contributed by atoms with E-state index in [1.54, 1.807) is 28.9 Å². The second-order valence-electron chi connectivity index (χ2n) is 8.48. The van der Waals surface area contributed by atoms with Gasteiger partial charge >= 0.3 is 12.1 Å². The van der Waals surface area contributed by atoms with Crippen LogP contribution in [0.4, 0.5) is 17.6 Å². The summed E-state index contributed by atoms with van der Waals surface area (Å²) in [4.78, 5) is 49.0. The highest BCUT2D eigenvalue weighted by Crippen LogP contribution is 2.23. The van der Waals surface area contributed by atoms with E-state index in [-0.39, 0.29) is 34.7 Å². The Morgan fingerprint density at radius 1 is 1.03 bits per heavy atom. The van der Waals surface area contributed by atoms with Crippen molar-refractivity contribution in [3.63, 3.8) is 0 Å². The molecule has 0 saturated carbocycles. The van der Waals surface area contributed by atoms with E-state index < -0.39 is 23.9 Å². The van der Waals surface area contributed by atoms with Crippen LogP contribution in [-0.4, -0.2) is 79.9 Å². The Labute approximate surface area is 218 Å². The summed E-state index contributed by atoms with van der Waals surface area (Å²) in [6.45, 7) is 3.45. The number of nitrogens with zero attached hydrogens (tertiary/aromatic N) is 4. The molecule has 0 atom stereocenters. The van der Waals surface area contributed by atoms with Crippen molar-refractivity contribution in [3.05, 3.63) is 69.8 Å². The van der Waals surface area contributed by atoms with Crippen LogP contribution in [0.3, 0.4) is 0 Å². The third-order valence-electron chi connectivity index (χ3n) is 5.91. The van der Waals surface area contributed by atoms with E-state index in [1.165, 1.54) is 28.9 Å². The summed E-state index contributed by atoms with van der Waals surface area (Å²) in [5.41, 5.74) is 0.485. The molecule has 0 unspecified atom stereocenters. The predicted molar refractivity (Wildman–Crippen MR) is 130 cm³/mol. The summed E-state index contributed by atoms with van der Waals surface area (Å²) in [7, 11) is 0. The highest BCUT2D eigenvalue weighted by Gasteiger charge is 2.38. The first-order valence-corrected chi connectivity index (χ1v) is 11.7. The van der Waals surface area contributed by atoms with Crippen molar-refractivity contribution in [2.24, 2.45) is 0 Å². The number of fused-ring (bicyclic) bond motifs is 1. The Morgan fingerprint density at radius 2 is 1.64 bits per heavy atom. The van der Waals surface area contributed by atoms with Crippen molar-refractivity contribution >= 4 is 28.7 Å². The monoisotopic (exact) mass is 552 g/mol. The Kier molecular flexibility index (Phi) is 8.89. The Morgan fingerprint density at radius 3 is 2.23 bits per heavy atom. The average Bonchev–Trinajstić information content (AvgIpc) is 2.90. The van der Waals surface area contributed by atoms with Gasteiger partial charge in [0.05, 0.1) is 23.7 Å². The maximum Gasteiger partial charge on any atom is 0.490 e. The van der Waals surface area contributed by atoms with Crippen LogP contribution in [0.15, 0.2) is 47.4 Å². The van der Waals surface area contributed by atoms with Crippen LogP contribution < -0.4 is 5.43 Å². The second kappa shape index (κ2) is 11.9. The van der Waals surface area contributed by atoms with E-state index in [2.05, 4.69) is 5.10 Å².